The number of carbonyl (C=O) groups is 2. The van der Waals surface area contributed by atoms with Crippen LogP contribution in [0.15, 0.2) is 36.5 Å². The quantitative estimate of drug-likeness (QED) is 0.473. The van der Waals surface area contributed by atoms with Gasteiger partial charge in [-0.15, -0.1) is 0 Å². The first kappa shape index (κ1) is 24.5. The van der Waals surface area contributed by atoms with Gasteiger partial charge >= 0.3 is 0 Å². The lowest BCUT2D eigenvalue weighted by Gasteiger charge is -2.37. The van der Waals surface area contributed by atoms with Crippen LogP contribution in [0.4, 0.5) is 0 Å². The molecule has 1 aliphatic heterocycles. The molecule has 2 saturated carbocycles. The van der Waals surface area contributed by atoms with Gasteiger partial charge in [0.2, 0.25) is 5.91 Å². The third kappa shape index (κ3) is 5.32. The summed E-state index contributed by atoms with van der Waals surface area (Å²) in [5.74, 6) is 2.98. The highest BCUT2D eigenvalue weighted by atomic mass is 16.2. The van der Waals surface area contributed by atoms with Gasteiger partial charge in [-0.25, -0.2) is 0 Å². The molecule has 2 atom stereocenters. The molecule has 0 unspecified atom stereocenters. The van der Waals surface area contributed by atoms with Gasteiger partial charge in [0.15, 0.2) is 5.78 Å². The molecule has 4 heteroatoms. The highest BCUT2D eigenvalue weighted by Crippen LogP contribution is 2.42. The molecule has 3 aliphatic rings. The van der Waals surface area contributed by atoms with E-state index in [0.29, 0.717) is 24.2 Å². The summed E-state index contributed by atoms with van der Waals surface area (Å²) in [5.41, 5.74) is 1.99. The Balaban J connectivity index is 1.35. The minimum Gasteiger partial charge on any atom is -0.332 e. The van der Waals surface area contributed by atoms with Gasteiger partial charge in [-0.1, -0.05) is 58.1 Å². The molecule has 5 rings (SSSR count). The van der Waals surface area contributed by atoms with Crippen molar-refractivity contribution >= 4 is 22.6 Å². The molecule has 3 fully saturated rings. The lowest BCUT2D eigenvalue weighted by atomic mass is 9.74. The molecule has 1 amide bonds. The van der Waals surface area contributed by atoms with Crippen LogP contribution in [0.25, 0.3) is 10.9 Å². The number of nitrogens with zero attached hydrogens (tertiary/aromatic N) is 2. The first-order chi connectivity index (χ1) is 17.0. The molecular weight excluding hydrogens is 432 g/mol. The van der Waals surface area contributed by atoms with Crippen molar-refractivity contribution in [1.82, 2.24) is 9.88 Å². The summed E-state index contributed by atoms with van der Waals surface area (Å²) in [6.45, 7) is 5.38. The number of hydrogen-bond acceptors (Lipinski definition) is 3. The number of pyridine rings is 1. The Bertz CT molecular complexity index is 1030. The summed E-state index contributed by atoms with van der Waals surface area (Å²) < 4.78 is 0. The maximum absolute atomic E-state index is 13.9. The molecule has 0 N–H and O–H groups in total. The number of carbonyl (C=O) groups excluding carboxylic acids is 2. The number of amides is 1. The van der Waals surface area contributed by atoms with Gasteiger partial charge in [0, 0.05) is 30.5 Å². The number of rotatable bonds is 6. The summed E-state index contributed by atoms with van der Waals surface area (Å²) in [5, 5.41) is 1.07. The lowest BCUT2D eigenvalue weighted by molar-refractivity contribution is -0.143. The molecule has 35 heavy (non-hydrogen) atoms. The molecule has 2 aliphatic carbocycles. The molecule has 1 saturated heterocycles. The summed E-state index contributed by atoms with van der Waals surface area (Å²) in [4.78, 5) is 34.2. The van der Waals surface area contributed by atoms with Gasteiger partial charge in [-0.3, -0.25) is 14.6 Å². The summed E-state index contributed by atoms with van der Waals surface area (Å²) in [6.07, 6.45) is 13.8. The number of ketones is 1. The van der Waals surface area contributed by atoms with E-state index in [0.717, 1.165) is 61.0 Å². The number of hydrogen-bond donors (Lipinski definition) is 0. The Morgan fingerprint density at radius 1 is 0.971 bits per heavy atom. The van der Waals surface area contributed by atoms with Crippen molar-refractivity contribution in [1.29, 1.82) is 0 Å². The topological polar surface area (TPSA) is 50.3 Å². The van der Waals surface area contributed by atoms with E-state index in [1.54, 1.807) is 6.20 Å². The second-order valence-electron chi connectivity index (χ2n) is 11.9. The van der Waals surface area contributed by atoms with Crippen molar-refractivity contribution in [2.45, 2.75) is 90.5 Å². The van der Waals surface area contributed by atoms with Crippen LogP contribution in [-0.4, -0.2) is 34.2 Å². The maximum Gasteiger partial charge on any atom is 0.226 e. The monoisotopic (exact) mass is 474 g/mol. The predicted molar refractivity (Wildman–Crippen MR) is 141 cm³/mol. The number of Topliss-reactive ketones (excluding diaryl/α,β-unsaturated/α-hetero) is 1. The average Bonchev–Trinajstić information content (AvgIpc) is 3.34. The van der Waals surface area contributed by atoms with Crippen molar-refractivity contribution in [2.75, 3.05) is 6.54 Å². The highest BCUT2D eigenvalue weighted by Gasteiger charge is 2.46. The molecule has 2 aromatic rings. The van der Waals surface area contributed by atoms with Crippen molar-refractivity contribution in [3.8, 4) is 0 Å². The van der Waals surface area contributed by atoms with Crippen LogP contribution in [0.2, 0.25) is 0 Å². The van der Waals surface area contributed by atoms with Crippen LogP contribution in [-0.2, 0) is 16.0 Å². The molecule has 2 heterocycles. The summed E-state index contributed by atoms with van der Waals surface area (Å²) >= 11 is 0. The first-order valence-corrected chi connectivity index (χ1v) is 14.2. The molecule has 1 aromatic heterocycles. The van der Waals surface area contributed by atoms with E-state index in [2.05, 4.69) is 31.0 Å². The number of fused-ring (bicyclic) bond motifs is 1. The Labute approximate surface area is 210 Å². The van der Waals surface area contributed by atoms with E-state index < -0.39 is 0 Å². The molecule has 0 spiro atoms. The van der Waals surface area contributed by atoms with Crippen LogP contribution in [0, 0.1) is 29.6 Å². The highest BCUT2D eigenvalue weighted by molar-refractivity contribution is 5.92. The largest absolute Gasteiger partial charge is 0.332 e. The van der Waals surface area contributed by atoms with Crippen LogP contribution >= 0.6 is 0 Å². The van der Waals surface area contributed by atoms with Gasteiger partial charge in [0.05, 0.1) is 11.6 Å². The minimum absolute atomic E-state index is 0.108. The van der Waals surface area contributed by atoms with Crippen molar-refractivity contribution < 1.29 is 9.59 Å². The summed E-state index contributed by atoms with van der Waals surface area (Å²) in [6, 6.07) is 9.92. The number of aromatic nitrogens is 1. The molecule has 1 aromatic carbocycles. The Hall–Kier alpha value is -2.23. The Morgan fingerprint density at radius 3 is 2.49 bits per heavy atom. The van der Waals surface area contributed by atoms with Crippen LogP contribution in [0.5, 0.6) is 0 Å². The zero-order valence-corrected chi connectivity index (χ0v) is 21.6. The normalized spacial score (nSPS) is 28.0. The lowest BCUT2D eigenvalue weighted by Crippen LogP contribution is -2.48. The molecule has 0 radical (unpaired) electrons. The third-order valence-corrected chi connectivity index (χ3v) is 9.42. The van der Waals surface area contributed by atoms with Gasteiger partial charge in [-0.2, -0.15) is 0 Å². The van der Waals surface area contributed by atoms with E-state index in [-0.39, 0.29) is 23.7 Å². The minimum atomic E-state index is -0.238. The zero-order chi connectivity index (χ0) is 24.4. The first-order valence-electron chi connectivity index (χ1n) is 14.2. The average molecular weight is 475 g/mol. The number of likely N-dealkylation sites (tertiary alicyclic amines) is 1. The molecule has 0 bridgehead atoms. The van der Waals surface area contributed by atoms with E-state index in [4.69, 9.17) is 0 Å². The molecule has 4 nitrogen and oxygen atoms in total. The van der Waals surface area contributed by atoms with Gasteiger partial charge in [-0.05, 0) is 79.5 Å². The van der Waals surface area contributed by atoms with Crippen LogP contribution in [0.3, 0.4) is 0 Å². The predicted octanol–water partition coefficient (Wildman–Crippen LogP) is 6.61. The van der Waals surface area contributed by atoms with Gasteiger partial charge < -0.3 is 4.90 Å². The van der Waals surface area contributed by atoms with Crippen molar-refractivity contribution in [3.05, 3.63) is 42.1 Å². The second-order valence-corrected chi connectivity index (χ2v) is 11.9. The molecular formula is C31H42N2O2. The van der Waals surface area contributed by atoms with E-state index in [1.807, 2.05) is 23.1 Å². The van der Waals surface area contributed by atoms with Gasteiger partial charge in [0.25, 0.3) is 0 Å². The van der Waals surface area contributed by atoms with Crippen molar-refractivity contribution in [2.24, 2.45) is 29.6 Å². The van der Waals surface area contributed by atoms with Gasteiger partial charge in [0.1, 0.15) is 0 Å². The standard InChI is InChI=1S/C31H42N2O2/c1-21(2)23-11-13-25(14-12-23)31(35)33-18-16-27(24-7-4-3-5-8-24)30(33)29(34)20-22-10-15-28-26(19-22)9-6-17-32-28/h6,9-10,15,17,19,21,23-25,27,30H,3-5,7-8,11-14,16,18,20H2,1-2H3/t23?,25?,27-,30+/m1/s1. The van der Waals surface area contributed by atoms with Crippen molar-refractivity contribution in [3.63, 3.8) is 0 Å². The fourth-order valence-corrected chi connectivity index (χ4v) is 7.34. The van der Waals surface area contributed by atoms with E-state index in [1.165, 1.54) is 32.1 Å². The smallest absolute Gasteiger partial charge is 0.226 e. The Morgan fingerprint density at radius 2 is 1.74 bits per heavy atom. The second kappa shape index (κ2) is 10.8. The molecule has 188 valence electrons. The Kier molecular flexibility index (Phi) is 7.55. The van der Waals surface area contributed by atoms with E-state index in [9.17, 15) is 9.59 Å². The summed E-state index contributed by atoms with van der Waals surface area (Å²) in [7, 11) is 0. The zero-order valence-electron chi connectivity index (χ0n) is 21.6. The fraction of sp³-hybridized carbons (Fsp3) is 0.645. The SMILES string of the molecule is CC(C)C1CCC(C(=O)N2CC[C@H](C3CCCCC3)[C@H]2C(=O)Cc2ccc3ncccc3c2)CC1. The maximum atomic E-state index is 13.9. The van der Waals surface area contributed by atoms with E-state index >= 15 is 0 Å². The van der Waals surface area contributed by atoms with Crippen LogP contribution in [0.1, 0.15) is 83.6 Å². The van der Waals surface area contributed by atoms with Crippen LogP contribution < -0.4 is 0 Å². The third-order valence-electron chi connectivity index (χ3n) is 9.42. The fourth-order valence-electron chi connectivity index (χ4n) is 7.34. The number of benzene rings is 1.